The van der Waals surface area contributed by atoms with Gasteiger partial charge in [0.2, 0.25) is 5.91 Å². The van der Waals surface area contributed by atoms with Crippen molar-refractivity contribution in [3.05, 3.63) is 0 Å². The standard InChI is InChI=1S/C12H23NO5S/c1-5-6-7-13-11(14)9(4)19(17,18)10(8(2)3)12(15)16/h8-10H,5-7H2,1-4H3,(H,13,14)(H,15,16). The topological polar surface area (TPSA) is 101 Å². The summed E-state index contributed by atoms with van der Waals surface area (Å²) in [7, 11) is -4.05. The molecule has 19 heavy (non-hydrogen) atoms. The van der Waals surface area contributed by atoms with E-state index in [1.165, 1.54) is 20.8 Å². The third-order valence-corrected chi connectivity index (χ3v) is 5.55. The predicted octanol–water partition coefficient (Wildman–Crippen LogP) is 0.815. The molecule has 0 aliphatic carbocycles. The molecule has 0 rings (SSSR count). The van der Waals surface area contributed by atoms with Gasteiger partial charge in [0.25, 0.3) is 0 Å². The number of hydrogen-bond acceptors (Lipinski definition) is 4. The van der Waals surface area contributed by atoms with E-state index < -0.39 is 38.1 Å². The molecule has 0 aromatic carbocycles. The van der Waals surface area contributed by atoms with Crippen LogP contribution in [0.5, 0.6) is 0 Å². The molecule has 0 heterocycles. The predicted molar refractivity (Wildman–Crippen MR) is 72.6 cm³/mol. The highest BCUT2D eigenvalue weighted by atomic mass is 32.2. The molecule has 7 heteroatoms. The monoisotopic (exact) mass is 293 g/mol. The maximum Gasteiger partial charge on any atom is 0.322 e. The number of amides is 1. The van der Waals surface area contributed by atoms with Crippen LogP contribution < -0.4 is 5.32 Å². The number of unbranched alkanes of at least 4 members (excludes halogenated alkanes) is 1. The van der Waals surface area contributed by atoms with Gasteiger partial charge in [0.1, 0.15) is 5.25 Å². The smallest absolute Gasteiger partial charge is 0.322 e. The summed E-state index contributed by atoms with van der Waals surface area (Å²) in [4.78, 5) is 22.8. The highest BCUT2D eigenvalue weighted by Crippen LogP contribution is 2.18. The summed E-state index contributed by atoms with van der Waals surface area (Å²) < 4.78 is 24.3. The Hall–Kier alpha value is -1.11. The zero-order chi connectivity index (χ0) is 15.2. The molecule has 2 atom stereocenters. The largest absolute Gasteiger partial charge is 0.480 e. The molecule has 0 fully saturated rings. The molecule has 0 aromatic rings. The number of nitrogens with one attached hydrogen (secondary N) is 1. The summed E-state index contributed by atoms with van der Waals surface area (Å²) in [6.07, 6.45) is 1.64. The van der Waals surface area contributed by atoms with Gasteiger partial charge in [-0.15, -0.1) is 0 Å². The minimum atomic E-state index is -4.05. The molecular formula is C12H23NO5S. The van der Waals surface area contributed by atoms with Crippen LogP contribution in [0.15, 0.2) is 0 Å². The van der Waals surface area contributed by atoms with E-state index in [-0.39, 0.29) is 0 Å². The number of carbonyl (C=O) groups is 2. The molecule has 0 saturated heterocycles. The van der Waals surface area contributed by atoms with Gasteiger partial charge in [-0.2, -0.15) is 0 Å². The van der Waals surface area contributed by atoms with E-state index in [9.17, 15) is 18.0 Å². The van der Waals surface area contributed by atoms with Gasteiger partial charge in [-0.25, -0.2) is 8.42 Å². The van der Waals surface area contributed by atoms with E-state index in [1.54, 1.807) is 0 Å². The Morgan fingerprint density at radius 3 is 2.11 bits per heavy atom. The van der Waals surface area contributed by atoms with Crippen LogP contribution in [0.4, 0.5) is 0 Å². The Morgan fingerprint density at radius 1 is 1.21 bits per heavy atom. The van der Waals surface area contributed by atoms with E-state index in [1.807, 2.05) is 6.92 Å². The minimum Gasteiger partial charge on any atom is -0.480 e. The lowest BCUT2D eigenvalue weighted by atomic mass is 10.1. The normalized spacial score (nSPS) is 15.0. The average molecular weight is 293 g/mol. The first-order chi connectivity index (χ1) is 8.66. The Bertz CT molecular complexity index is 416. The molecular weight excluding hydrogens is 270 g/mol. The van der Waals surface area contributed by atoms with E-state index in [2.05, 4.69) is 5.32 Å². The highest BCUT2D eigenvalue weighted by Gasteiger charge is 2.41. The first-order valence-corrected chi connectivity index (χ1v) is 8.00. The fraction of sp³-hybridized carbons (Fsp3) is 0.833. The van der Waals surface area contributed by atoms with Crippen molar-refractivity contribution in [3.8, 4) is 0 Å². The average Bonchev–Trinajstić information content (AvgIpc) is 2.26. The first kappa shape index (κ1) is 17.9. The van der Waals surface area contributed by atoms with Gasteiger partial charge in [-0.1, -0.05) is 27.2 Å². The van der Waals surface area contributed by atoms with Gasteiger partial charge < -0.3 is 10.4 Å². The van der Waals surface area contributed by atoms with E-state index in [4.69, 9.17) is 5.11 Å². The highest BCUT2D eigenvalue weighted by molar-refractivity contribution is 7.94. The van der Waals surface area contributed by atoms with Gasteiger partial charge in [-0.05, 0) is 19.3 Å². The lowest BCUT2D eigenvalue weighted by molar-refractivity contribution is -0.137. The molecule has 0 aliphatic rings. The van der Waals surface area contributed by atoms with Crippen LogP contribution in [0.25, 0.3) is 0 Å². The number of carboxylic acid groups (broad SMARTS) is 1. The molecule has 0 saturated carbocycles. The molecule has 2 unspecified atom stereocenters. The number of carboxylic acids is 1. The molecule has 0 bridgehead atoms. The summed E-state index contributed by atoms with van der Waals surface area (Å²) in [6.45, 7) is 6.60. The van der Waals surface area contributed by atoms with Crippen molar-refractivity contribution >= 4 is 21.7 Å². The van der Waals surface area contributed by atoms with Crippen molar-refractivity contribution in [2.45, 2.75) is 51.0 Å². The van der Waals surface area contributed by atoms with Crippen LogP contribution >= 0.6 is 0 Å². The summed E-state index contributed by atoms with van der Waals surface area (Å²) in [5, 5.41) is 8.61. The fourth-order valence-electron chi connectivity index (χ4n) is 1.71. The van der Waals surface area contributed by atoms with Crippen LogP contribution in [-0.4, -0.2) is 42.4 Å². The minimum absolute atomic E-state index is 0.397. The Labute approximate surface area is 114 Å². The molecule has 112 valence electrons. The second-order valence-electron chi connectivity index (χ2n) is 4.88. The first-order valence-electron chi connectivity index (χ1n) is 6.39. The Morgan fingerprint density at radius 2 is 1.74 bits per heavy atom. The van der Waals surface area contributed by atoms with Gasteiger partial charge in [0.15, 0.2) is 15.1 Å². The van der Waals surface area contributed by atoms with Gasteiger partial charge in [-0.3, -0.25) is 9.59 Å². The lowest BCUT2D eigenvalue weighted by Crippen LogP contribution is -2.46. The molecule has 0 radical (unpaired) electrons. The quantitative estimate of drug-likeness (QED) is 0.645. The Kier molecular flexibility index (Phi) is 7.04. The third-order valence-electron chi connectivity index (χ3n) is 2.89. The van der Waals surface area contributed by atoms with Crippen molar-refractivity contribution in [1.82, 2.24) is 5.32 Å². The molecule has 0 spiro atoms. The van der Waals surface area contributed by atoms with Crippen LogP contribution in [0, 0.1) is 5.92 Å². The maximum atomic E-state index is 12.1. The SMILES string of the molecule is CCCCNC(=O)C(C)S(=O)(=O)C(C(=O)O)C(C)C. The van der Waals surface area contributed by atoms with E-state index >= 15 is 0 Å². The molecule has 0 aliphatic heterocycles. The van der Waals surface area contributed by atoms with Gasteiger partial charge >= 0.3 is 5.97 Å². The second kappa shape index (κ2) is 7.47. The van der Waals surface area contributed by atoms with E-state index in [0.29, 0.717) is 6.54 Å². The van der Waals surface area contributed by atoms with Gasteiger partial charge in [0.05, 0.1) is 0 Å². The maximum absolute atomic E-state index is 12.1. The van der Waals surface area contributed by atoms with Crippen LogP contribution in [0.1, 0.15) is 40.5 Å². The van der Waals surface area contributed by atoms with Crippen molar-refractivity contribution < 1.29 is 23.1 Å². The summed E-state index contributed by atoms with van der Waals surface area (Å²) in [6, 6.07) is 0. The van der Waals surface area contributed by atoms with Gasteiger partial charge in [0, 0.05) is 6.54 Å². The van der Waals surface area contributed by atoms with Crippen molar-refractivity contribution in [2.24, 2.45) is 5.92 Å². The van der Waals surface area contributed by atoms with Crippen molar-refractivity contribution in [1.29, 1.82) is 0 Å². The van der Waals surface area contributed by atoms with Crippen LogP contribution in [0.2, 0.25) is 0 Å². The second-order valence-corrected chi connectivity index (χ2v) is 7.27. The molecule has 0 aromatic heterocycles. The number of carbonyl (C=O) groups excluding carboxylic acids is 1. The molecule has 2 N–H and O–H groups in total. The molecule has 1 amide bonds. The lowest BCUT2D eigenvalue weighted by Gasteiger charge is -2.21. The summed E-state index contributed by atoms with van der Waals surface area (Å²) >= 11 is 0. The number of hydrogen-bond donors (Lipinski definition) is 2. The van der Waals surface area contributed by atoms with Crippen molar-refractivity contribution in [2.75, 3.05) is 6.54 Å². The number of aliphatic carboxylic acids is 1. The van der Waals surface area contributed by atoms with E-state index in [0.717, 1.165) is 12.8 Å². The number of sulfone groups is 1. The third kappa shape index (κ3) is 4.81. The summed E-state index contributed by atoms with van der Waals surface area (Å²) in [5.74, 6) is -2.64. The van der Waals surface area contributed by atoms with Crippen LogP contribution in [-0.2, 0) is 19.4 Å². The molecule has 6 nitrogen and oxygen atoms in total. The van der Waals surface area contributed by atoms with Crippen molar-refractivity contribution in [3.63, 3.8) is 0 Å². The zero-order valence-electron chi connectivity index (χ0n) is 11.8. The number of rotatable bonds is 8. The summed E-state index contributed by atoms with van der Waals surface area (Å²) in [5.41, 5.74) is 0. The fourth-order valence-corrected chi connectivity index (χ4v) is 3.57. The Balaban J connectivity index is 4.98. The zero-order valence-corrected chi connectivity index (χ0v) is 12.7. The van der Waals surface area contributed by atoms with Crippen LogP contribution in [0.3, 0.4) is 0 Å².